The molecule has 2 rings (SSSR count). The number of non-ortho nitro benzene ring substituents is 1. The van der Waals surface area contributed by atoms with Gasteiger partial charge in [0.1, 0.15) is 5.75 Å². The summed E-state index contributed by atoms with van der Waals surface area (Å²) in [4.78, 5) is 34.0. The Morgan fingerprint density at radius 1 is 0.962 bits per heavy atom. The molecule has 8 nitrogen and oxygen atoms in total. The molecule has 0 saturated heterocycles. The highest BCUT2D eigenvalue weighted by molar-refractivity contribution is 5.89. The molecule has 0 bridgehead atoms. The Balaban J connectivity index is 1.97. The van der Waals surface area contributed by atoms with E-state index in [0.29, 0.717) is 5.56 Å². The number of nitrogens with zero attached hydrogens (tertiary/aromatic N) is 1. The molecule has 26 heavy (non-hydrogen) atoms. The van der Waals surface area contributed by atoms with Crippen LogP contribution in [0.3, 0.4) is 0 Å². The molecule has 0 aliphatic carbocycles. The van der Waals surface area contributed by atoms with Crippen LogP contribution in [0.25, 0.3) is 0 Å². The lowest BCUT2D eigenvalue weighted by atomic mass is 10.2. The van der Waals surface area contributed by atoms with Crippen LogP contribution in [0.1, 0.15) is 24.2 Å². The Kier molecular flexibility index (Phi) is 6.26. The van der Waals surface area contributed by atoms with Crippen molar-refractivity contribution in [3.8, 4) is 5.75 Å². The second-order valence-electron chi connectivity index (χ2n) is 5.60. The fourth-order valence-electron chi connectivity index (χ4n) is 1.90. The van der Waals surface area contributed by atoms with Gasteiger partial charge in [-0.25, -0.2) is 9.59 Å². The van der Waals surface area contributed by atoms with Gasteiger partial charge in [0.15, 0.2) is 0 Å². The van der Waals surface area contributed by atoms with Crippen molar-refractivity contribution in [1.29, 1.82) is 0 Å². The molecule has 0 N–H and O–H groups in total. The van der Waals surface area contributed by atoms with Crippen LogP contribution in [-0.4, -0.2) is 23.3 Å². The predicted octanol–water partition coefficient (Wildman–Crippen LogP) is 3.95. The molecular weight excluding hydrogens is 342 g/mol. The Labute approximate surface area is 149 Å². The minimum atomic E-state index is -1.15. The fourth-order valence-corrected chi connectivity index (χ4v) is 1.90. The summed E-state index contributed by atoms with van der Waals surface area (Å²) in [5, 5.41) is 10.6. The maximum atomic E-state index is 12.1. The maximum absolute atomic E-state index is 12.1. The molecule has 0 radical (unpaired) electrons. The van der Waals surface area contributed by atoms with Gasteiger partial charge >= 0.3 is 12.1 Å². The second-order valence-corrected chi connectivity index (χ2v) is 5.60. The van der Waals surface area contributed by atoms with Crippen molar-refractivity contribution in [3.05, 3.63) is 70.3 Å². The molecule has 136 valence electrons. The maximum Gasteiger partial charge on any atom is 0.516 e. The summed E-state index contributed by atoms with van der Waals surface area (Å²) in [6.07, 6.45) is -2.23. The lowest BCUT2D eigenvalue weighted by molar-refractivity contribution is -0.384. The zero-order chi connectivity index (χ0) is 19.1. The molecular formula is C18H17NO7. The first-order valence-corrected chi connectivity index (χ1v) is 7.75. The van der Waals surface area contributed by atoms with Crippen molar-refractivity contribution in [3.63, 3.8) is 0 Å². The largest absolute Gasteiger partial charge is 0.516 e. The van der Waals surface area contributed by atoms with Gasteiger partial charge in [-0.05, 0) is 24.3 Å². The monoisotopic (exact) mass is 359 g/mol. The number of carbonyl (C=O) groups excluding carboxylic acids is 2. The van der Waals surface area contributed by atoms with Crippen LogP contribution < -0.4 is 4.74 Å². The number of carbonyl (C=O) groups is 2. The van der Waals surface area contributed by atoms with Crippen molar-refractivity contribution in [2.45, 2.75) is 20.1 Å². The van der Waals surface area contributed by atoms with Crippen molar-refractivity contribution < 1.29 is 28.7 Å². The lowest BCUT2D eigenvalue weighted by Crippen LogP contribution is -2.30. The number of nitro groups is 1. The average molecular weight is 359 g/mol. The summed E-state index contributed by atoms with van der Waals surface area (Å²) >= 11 is 0. The van der Waals surface area contributed by atoms with E-state index in [1.807, 2.05) is 0 Å². The number of hydrogen-bond acceptors (Lipinski definition) is 7. The number of rotatable bonds is 6. The van der Waals surface area contributed by atoms with E-state index >= 15 is 0 Å². The third-order valence-electron chi connectivity index (χ3n) is 3.24. The van der Waals surface area contributed by atoms with Crippen molar-refractivity contribution in [2.24, 2.45) is 5.92 Å². The van der Waals surface area contributed by atoms with E-state index in [9.17, 15) is 19.7 Å². The molecule has 0 fully saturated rings. The molecule has 2 aromatic rings. The number of nitro benzene ring substituents is 1. The summed E-state index contributed by atoms with van der Waals surface area (Å²) in [6, 6.07) is 13.2. The van der Waals surface area contributed by atoms with Crippen LogP contribution in [0.5, 0.6) is 5.75 Å². The molecule has 0 aromatic heterocycles. The van der Waals surface area contributed by atoms with Crippen LogP contribution in [0.2, 0.25) is 0 Å². The van der Waals surface area contributed by atoms with E-state index in [0.717, 1.165) is 0 Å². The van der Waals surface area contributed by atoms with E-state index in [1.165, 1.54) is 24.3 Å². The molecule has 0 heterocycles. The zero-order valence-electron chi connectivity index (χ0n) is 14.2. The first-order chi connectivity index (χ1) is 12.4. The summed E-state index contributed by atoms with van der Waals surface area (Å²) in [5.41, 5.74) is 0.188. The fraction of sp³-hybridized carbons (Fsp3) is 0.222. The topological polar surface area (TPSA) is 105 Å². The van der Waals surface area contributed by atoms with Gasteiger partial charge in [-0.1, -0.05) is 32.0 Å². The molecule has 0 spiro atoms. The van der Waals surface area contributed by atoms with Gasteiger partial charge in [-0.15, -0.1) is 0 Å². The zero-order valence-corrected chi connectivity index (χ0v) is 14.2. The van der Waals surface area contributed by atoms with Crippen molar-refractivity contribution in [2.75, 3.05) is 0 Å². The smallest absolute Gasteiger partial charge is 0.421 e. The Morgan fingerprint density at radius 3 is 2.12 bits per heavy atom. The van der Waals surface area contributed by atoms with Crippen LogP contribution >= 0.6 is 0 Å². The molecule has 1 unspecified atom stereocenters. The van der Waals surface area contributed by atoms with E-state index < -0.39 is 23.3 Å². The van der Waals surface area contributed by atoms with E-state index in [2.05, 4.69) is 0 Å². The SMILES string of the molecule is CC(C)C(OC(=O)Oc1ccc([N+](=O)[O-])cc1)OC(=O)c1ccccc1. The van der Waals surface area contributed by atoms with Crippen LogP contribution in [-0.2, 0) is 9.47 Å². The standard InChI is InChI=1S/C18H17NO7/c1-12(2)17(25-16(20)13-6-4-3-5-7-13)26-18(21)24-15-10-8-14(9-11-15)19(22)23/h3-12,17H,1-2H3. The quantitative estimate of drug-likeness (QED) is 0.253. The number of ether oxygens (including phenoxy) is 3. The molecule has 2 aromatic carbocycles. The summed E-state index contributed by atoms with van der Waals surface area (Å²) in [6.45, 7) is 3.42. The molecule has 0 aliphatic heterocycles. The highest BCUT2D eigenvalue weighted by Crippen LogP contribution is 2.19. The first-order valence-electron chi connectivity index (χ1n) is 7.75. The van der Waals surface area contributed by atoms with E-state index in [4.69, 9.17) is 14.2 Å². The average Bonchev–Trinajstić information content (AvgIpc) is 2.62. The molecule has 0 amide bonds. The van der Waals surface area contributed by atoms with Crippen LogP contribution in [0.4, 0.5) is 10.5 Å². The van der Waals surface area contributed by atoms with Crippen molar-refractivity contribution in [1.82, 2.24) is 0 Å². The minimum Gasteiger partial charge on any atom is -0.421 e. The molecule has 1 atom stereocenters. The highest BCUT2D eigenvalue weighted by Gasteiger charge is 2.24. The molecule has 0 saturated carbocycles. The number of hydrogen-bond donors (Lipinski definition) is 0. The first kappa shape index (κ1) is 18.9. The summed E-state index contributed by atoms with van der Waals surface area (Å²) in [5.74, 6) is -0.878. The number of benzene rings is 2. The van der Waals surface area contributed by atoms with Crippen molar-refractivity contribution >= 4 is 17.8 Å². The van der Waals surface area contributed by atoms with Gasteiger partial charge in [0.25, 0.3) is 12.0 Å². The van der Waals surface area contributed by atoms with E-state index in [1.54, 1.807) is 44.2 Å². The lowest BCUT2D eigenvalue weighted by Gasteiger charge is -2.20. The third kappa shape index (κ3) is 5.30. The normalized spacial score (nSPS) is 11.5. The Morgan fingerprint density at radius 2 is 1.58 bits per heavy atom. The van der Waals surface area contributed by atoms with Gasteiger partial charge in [-0.3, -0.25) is 10.1 Å². The Bertz CT molecular complexity index is 772. The van der Waals surface area contributed by atoms with Crippen LogP contribution in [0, 0.1) is 16.0 Å². The van der Waals surface area contributed by atoms with Gasteiger partial charge in [0.2, 0.25) is 0 Å². The third-order valence-corrected chi connectivity index (χ3v) is 3.24. The van der Waals surface area contributed by atoms with Gasteiger partial charge in [0, 0.05) is 18.1 Å². The molecule has 8 heteroatoms. The Hall–Kier alpha value is -3.42. The number of esters is 1. The predicted molar refractivity (Wildman–Crippen MR) is 90.7 cm³/mol. The highest BCUT2D eigenvalue weighted by atomic mass is 16.8. The summed E-state index contributed by atoms with van der Waals surface area (Å²) in [7, 11) is 0. The van der Waals surface area contributed by atoms with Crippen LogP contribution in [0.15, 0.2) is 54.6 Å². The second kappa shape index (κ2) is 8.61. The minimum absolute atomic E-state index is 0.0671. The van der Waals surface area contributed by atoms with E-state index in [-0.39, 0.29) is 17.4 Å². The molecule has 0 aliphatic rings. The van der Waals surface area contributed by atoms with Gasteiger partial charge in [0.05, 0.1) is 10.5 Å². The van der Waals surface area contributed by atoms with Gasteiger partial charge in [-0.2, -0.15) is 0 Å². The van der Waals surface area contributed by atoms with Gasteiger partial charge < -0.3 is 14.2 Å². The summed E-state index contributed by atoms with van der Waals surface area (Å²) < 4.78 is 15.2.